The van der Waals surface area contributed by atoms with Crippen molar-refractivity contribution < 1.29 is 22.3 Å². The lowest BCUT2D eigenvalue weighted by Gasteiger charge is -2.04. The van der Waals surface area contributed by atoms with Crippen LogP contribution in [0.1, 0.15) is 0 Å². The summed E-state index contributed by atoms with van der Waals surface area (Å²) in [7, 11) is -2.85. The standard InChI is InChI=1S/C14H10ClFN2O4S3/c1-22-11(19)7-18-13-8(16)3-2-4-9(13)23-14(18)17-25(20,21)12-6-5-10(15)24-12/h2-6H,7H2,1H3/b17-14-. The molecule has 2 aromatic heterocycles. The van der Waals surface area contributed by atoms with E-state index in [2.05, 4.69) is 9.13 Å². The molecule has 25 heavy (non-hydrogen) atoms. The highest BCUT2D eigenvalue weighted by Crippen LogP contribution is 2.27. The predicted molar refractivity (Wildman–Crippen MR) is 93.9 cm³/mol. The molecule has 6 nitrogen and oxygen atoms in total. The van der Waals surface area contributed by atoms with Gasteiger partial charge in [-0.15, -0.1) is 15.7 Å². The first-order valence-electron chi connectivity index (χ1n) is 6.73. The molecule has 0 spiro atoms. The van der Waals surface area contributed by atoms with E-state index in [1.807, 2.05) is 0 Å². The Balaban J connectivity index is 2.26. The number of nitrogens with zero attached hydrogens (tertiary/aromatic N) is 2. The van der Waals surface area contributed by atoms with Gasteiger partial charge in [-0.05, 0) is 24.3 Å². The Morgan fingerprint density at radius 2 is 2.08 bits per heavy atom. The number of esters is 1. The van der Waals surface area contributed by atoms with Gasteiger partial charge in [0.25, 0.3) is 10.0 Å². The number of carbonyl (C=O) groups excluding carboxylic acids is 1. The van der Waals surface area contributed by atoms with Crippen LogP contribution in [0.2, 0.25) is 4.34 Å². The molecule has 3 aromatic rings. The Hall–Kier alpha value is -1.75. The van der Waals surface area contributed by atoms with Crippen LogP contribution in [0, 0.1) is 5.82 Å². The lowest BCUT2D eigenvalue weighted by molar-refractivity contribution is -0.141. The SMILES string of the molecule is COC(=O)Cn1/c(=N/S(=O)(=O)c2ccc(Cl)s2)sc2cccc(F)c21. The van der Waals surface area contributed by atoms with Crippen molar-refractivity contribution in [2.45, 2.75) is 10.8 Å². The molecule has 0 N–H and O–H groups in total. The number of halogens is 2. The van der Waals surface area contributed by atoms with Crippen LogP contribution in [0.3, 0.4) is 0 Å². The zero-order valence-corrected chi connectivity index (χ0v) is 15.8. The van der Waals surface area contributed by atoms with E-state index in [0.29, 0.717) is 9.04 Å². The van der Waals surface area contributed by atoms with E-state index in [-0.39, 0.29) is 21.1 Å². The summed E-state index contributed by atoms with van der Waals surface area (Å²) in [5.74, 6) is -1.24. The quantitative estimate of drug-likeness (QED) is 0.608. The molecule has 0 bridgehead atoms. The van der Waals surface area contributed by atoms with Gasteiger partial charge in [-0.3, -0.25) is 4.79 Å². The van der Waals surface area contributed by atoms with Gasteiger partial charge in [-0.2, -0.15) is 8.42 Å². The van der Waals surface area contributed by atoms with Crippen LogP contribution in [-0.2, 0) is 26.1 Å². The fourth-order valence-electron chi connectivity index (χ4n) is 2.08. The number of ether oxygens (including phenoxy) is 1. The number of thiophene rings is 1. The van der Waals surface area contributed by atoms with Crippen molar-refractivity contribution in [2.75, 3.05) is 7.11 Å². The number of carbonyl (C=O) groups is 1. The van der Waals surface area contributed by atoms with Gasteiger partial charge in [0.05, 0.1) is 21.7 Å². The first kappa shape index (κ1) is 18.1. The second-order valence-electron chi connectivity index (χ2n) is 4.76. The molecule has 0 amide bonds. The van der Waals surface area contributed by atoms with Gasteiger partial charge in [-0.25, -0.2) is 4.39 Å². The van der Waals surface area contributed by atoms with Gasteiger partial charge in [-0.1, -0.05) is 29.0 Å². The molecule has 0 aliphatic heterocycles. The van der Waals surface area contributed by atoms with Crippen molar-refractivity contribution in [3.63, 3.8) is 0 Å². The molecule has 0 saturated carbocycles. The molecule has 0 unspecified atom stereocenters. The molecule has 0 aliphatic carbocycles. The fourth-order valence-corrected chi connectivity index (χ4v) is 5.79. The molecule has 132 valence electrons. The molecular formula is C14H10ClFN2O4S3. The molecule has 0 saturated heterocycles. The number of methoxy groups -OCH3 is 1. The van der Waals surface area contributed by atoms with Crippen molar-refractivity contribution in [1.29, 1.82) is 0 Å². The predicted octanol–water partition coefficient (Wildman–Crippen LogP) is 3.02. The Labute approximate surface area is 154 Å². The van der Waals surface area contributed by atoms with E-state index in [1.165, 1.54) is 35.9 Å². The maximum atomic E-state index is 14.2. The van der Waals surface area contributed by atoms with Crippen LogP contribution in [0.15, 0.2) is 38.9 Å². The molecule has 0 fully saturated rings. The summed E-state index contributed by atoms with van der Waals surface area (Å²) in [6.07, 6.45) is 0. The Morgan fingerprint density at radius 1 is 1.32 bits per heavy atom. The summed E-state index contributed by atoms with van der Waals surface area (Å²) in [4.78, 5) is 11.6. The van der Waals surface area contributed by atoms with E-state index in [1.54, 1.807) is 6.07 Å². The van der Waals surface area contributed by atoms with Crippen LogP contribution in [0.25, 0.3) is 10.2 Å². The fraction of sp³-hybridized carbons (Fsp3) is 0.143. The lowest BCUT2D eigenvalue weighted by atomic mass is 10.3. The third-order valence-corrected chi connectivity index (χ3v) is 7.29. The van der Waals surface area contributed by atoms with E-state index in [4.69, 9.17) is 11.6 Å². The summed E-state index contributed by atoms with van der Waals surface area (Å²) >= 11 is 7.59. The van der Waals surface area contributed by atoms with Crippen LogP contribution in [0.4, 0.5) is 4.39 Å². The van der Waals surface area contributed by atoms with Crippen LogP contribution in [0.5, 0.6) is 0 Å². The van der Waals surface area contributed by atoms with Gasteiger partial charge in [0.1, 0.15) is 16.6 Å². The Morgan fingerprint density at radius 3 is 2.72 bits per heavy atom. The van der Waals surface area contributed by atoms with Crippen molar-refractivity contribution in [3.8, 4) is 0 Å². The maximum Gasteiger partial charge on any atom is 0.325 e. The number of para-hydroxylation sites is 1. The highest BCUT2D eigenvalue weighted by molar-refractivity contribution is 7.92. The number of hydrogen-bond donors (Lipinski definition) is 0. The zero-order valence-electron chi connectivity index (χ0n) is 12.6. The first-order valence-corrected chi connectivity index (χ1v) is 10.2. The Bertz CT molecular complexity index is 1130. The number of benzene rings is 1. The molecular weight excluding hydrogens is 411 g/mol. The van der Waals surface area contributed by atoms with Crippen LogP contribution in [-0.4, -0.2) is 26.1 Å². The molecule has 0 aliphatic rings. The highest BCUT2D eigenvalue weighted by atomic mass is 35.5. The number of fused-ring (bicyclic) bond motifs is 1. The van der Waals surface area contributed by atoms with E-state index < -0.39 is 21.8 Å². The number of hydrogen-bond acceptors (Lipinski definition) is 6. The summed E-state index contributed by atoms with van der Waals surface area (Å²) in [5, 5.41) is 0. The molecule has 2 heterocycles. The second kappa shape index (κ2) is 6.87. The van der Waals surface area contributed by atoms with Crippen LogP contribution >= 0.6 is 34.3 Å². The largest absolute Gasteiger partial charge is 0.468 e. The molecule has 1 aromatic carbocycles. The van der Waals surface area contributed by atoms with Crippen molar-refractivity contribution >= 4 is 60.5 Å². The topological polar surface area (TPSA) is 77.7 Å². The minimum Gasteiger partial charge on any atom is -0.468 e. The van der Waals surface area contributed by atoms with Gasteiger partial charge >= 0.3 is 5.97 Å². The van der Waals surface area contributed by atoms with E-state index in [0.717, 1.165) is 22.7 Å². The zero-order chi connectivity index (χ0) is 18.2. The maximum absolute atomic E-state index is 14.2. The number of aromatic nitrogens is 1. The van der Waals surface area contributed by atoms with Crippen molar-refractivity contribution in [2.24, 2.45) is 4.40 Å². The molecule has 0 radical (unpaired) electrons. The Kier molecular flexibility index (Phi) is 4.96. The van der Waals surface area contributed by atoms with Gasteiger partial charge in [0, 0.05) is 0 Å². The lowest BCUT2D eigenvalue weighted by Crippen LogP contribution is -2.22. The smallest absolute Gasteiger partial charge is 0.325 e. The van der Waals surface area contributed by atoms with Crippen LogP contribution < -0.4 is 4.80 Å². The number of thiazole rings is 1. The number of sulfonamides is 1. The number of rotatable bonds is 4. The third kappa shape index (κ3) is 3.61. The average molecular weight is 421 g/mol. The van der Waals surface area contributed by atoms with Crippen molar-refractivity contribution in [1.82, 2.24) is 4.57 Å². The molecule has 3 rings (SSSR count). The summed E-state index contributed by atoms with van der Waals surface area (Å²) in [6.45, 7) is -0.364. The second-order valence-corrected chi connectivity index (χ2v) is 9.31. The monoisotopic (exact) mass is 420 g/mol. The van der Waals surface area contributed by atoms with E-state index in [9.17, 15) is 17.6 Å². The minimum atomic E-state index is -4.04. The van der Waals surface area contributed by atoms with E-state index >= 15 is 0 Å². The van der Waals surface area contributed by atoms with Crippen molar-refractivity contribution in [3.05, 3.63) is 45.3 Å². The highest BCUT2D eigenvalue weighted by Gasteiger charge is 2.19. The third-order valence-electron chi connectivity index (χ3n) is 3.17. The molecule has 11 heteroatoms. The van der Waals surface area contributed by atoms with Gasteiger partial charge in [0.15, 0.2) is 0 Å². The first-order chi connectivity index (χ1) is 11.8. The summed E-state index contributed by atoms with van der Waals surface area (Å²) in [6, 6.07) is 7.12. The van der Waals surface area contributed by atoms with Gasteiger partial charge in [0.2, 0.25) is 4.80 Å². The average Bonchev–Trinajstić information content (AvgIpc) is 3.13. The molecule has 0 atom stereocenters. The summed E-state index contributed by atoms with van der Waals surface area (Å²) in [5.41, 5.74) is 0.0936. The normalized spacial score (nSPS) is 12.7. The minimum absolute atomic E-state index is 0.0324. The van der Waals surface area contributed by atoms with Gasteiger partial charge < -0.3 is 9.30 Å². The summed E-state index contributed by atoms with van der Waals surface area (Å²) < 4.78 is 49.4.